The van der Waals surface area contributed by atoms with Crippen molar-refractivity contribution in [2.45, 2.75) is 0 Å². The summed E-state index contributed by atoms with van der Waals surface area (Å²) < 4.78 is 6.03. The van der Waals surface area contributed by atoms with Crippen LogP contribution < -0.4 is 4.74 Å². The number of ether oxygens (including phenoxy) is 1. The van der Waals surface area contributed by atoms with Gasteiger partial charge in [-0.1, -0.05) is 0 Å². The first-order valence-electron chi connectivity index (χ1n) is 4.53. The first-order valence-corrected chi connectivity index (χ1v) is 5.70. The standard InChI is InChI=1S/C11H8BrClN2O/c1-16-10-3-2-7(6-8(10)12)9-4-5-14-11(13)15-9/h2-6H,1H3. The molecule has 0 spiro atoms. The summed E-state index contributed by atoms with van der Waals surface area (Å²) >= 11 is 9.16. The van der Waals surface area contributed by atoms with Crippen molar-refractivity contribution in [3.05, 3.63) is 40.2 Å². The maximum Gasteiger partial charge on any atom is 0.222 e. The van der Waals surface area contributed by atoms with Crippen LogP contribution in [0.3, 0.4) is 0 Å². The Hall–Kier alpha value is -1.13. The number of hydrogen-bond acceptors (Lipinski definition) is 3. The molecule has 0 unspecified atom stereocenters. The Labute approximate surface area is 107 Å². The Morgan fingerprint density at radius 3 is 2.75 bits per heavy atom. The quantitative estimate of drug-likeness (QED) is 0.795. The Balaban J connectivity index is 2.45. The van der Waals surface area contributed by atoms with E-state index in [9.17, 15) is 0 Å². The molecule has 0 fully saturated rings. The zero-order valence-corrected chi connectivity index (χ0v) is 10.8. The van der Waals surface area contributed by atoms with Crippen molar-refractivity contribution < 1.29 is 4.74 Å². The molecule has 16 heavy (non-hydrogen) atoms. The third kappa shape index (κ3) is 2.33. The summed E-state index contributed by atoms with van der Waals surface area (Å²) in [5.74, 6) is 0.781. The maximum absolute atomic E-state index is 5.73. The van der Waals surface area contributed by atoms with Gasteiger partial charge in [-0.15, -0.1) is 0 Å². The molecule has 0 saturated carbocycles. The molecule has 2 rings (SSSR count). The number of halogens is 2. The van der Waals surface area contributed by atoms with Gasteiger partial charge in [0.25, 0.3) is 0 Å². The molecule has 0 saturated heterocycles. The van der Waals surface area contributed by atoms with Crippen molar-refractivity contribution in [3.8, 4) is 17.0 Å². The molecular weight excluding hydrogens is 291 g/mol. The SMILES string of the molecule is COc1ccc(-c2ccnc(Cl)n2)cc1Br. The number of hydrogen-bond donors (Lipinski definition) is 0. The fourth-order valence-electron chi connectivity index (χ4n) is 1.32. The molecule has 0 aliphatic carbocycles. The highest BCUT2D eigenvalue weighted by atomic mass is 79.9. The number of nitrogens with zero attached hydrogens (tertiary/aromatic N) is 2. The summed E-state index contributed by atoms with van der Waals surface area (Å²) in [6, 6.07) is 7.52. The normalized spacial score (nSPS) is 10.2. The van der Waals surface area contributed by atoms with Gasteiger partial charge in [-0.3, -0.25) is 0 Å². The van der Waals surface area contributed by atoms with E-state index in [1.165, 1.54) is 0 Å². The van der Waals surface area contributed by atoms with Crippen molar-refractivity contribution in [2.75, 3.05) is 7.11 Å². The van der Waals surface area contributed by atoms with E-state index in [-0.39, 0.29) is 5.28 Å². The minimum absolute atomic E-state index is 0.240. The van der Waals surface area contributed by atoms with Gasteiger partial charge in [-0.25, -0.2) is 9.97 Å². The molecular formula is C11H8BrClN2O. The Kier molecular flexibility index (Phi) is 3.41. The number of rotatable bonds is 2. The summed E-state index contributed by atoms with van der Waals surface area (Å²) in [6.07, 6.45) is 1.63. The zero-order chi connectivity index (χ0) is 11.5. The molecule has 1 heterocycles. The summed E-state index contributed by atoms with van der Waals surface area (Å²) in [6.45, 7) is 0. The maximum atomic E-state index is 5.73. The molecule has 0 aliphatic rings. The molecule has 0 aliphatic heterocycles. The average Bonchev–Trinajstić information content (AvgIpc) is 2.29. The van der Waals surface area contributed by atoms with Gasteiger partial charge in [0.15, 0.2) is 0 Å². The van der Waals surface area contributed by atoms with Gasteiger partial charge in [0.05, 0.1) is 17.3 Å². The summed E-state index contributed by atoms with van der Waals surface area (Å²) in [7, 11) is 1.63. The van der Waals surface area contributed by atoms with Gasteiger partial charge in [0.2, 0.25) is 5.28 Å². The minimum atomic E-state index is 0.240. The van der Waals surface area contributed by atoms with Crippen LogP contribution in [0, 0.1) is 0 Å². The fourth-order valence-corrected chi connectivity index (χ4v) is 2.01. The smallest absolute Gasteiger partial charge is 0.222 e. The highest BCUT2D eigenvalue weighted by molar-refractivity contribution is 9.10. The predicted molar refractivity (Wildman–Crippen MR) is 66.7 cm³/mol. The lowest BCUT2D eigenvalue weighted by molar-refractivity contribution is 0.412. The summed E-state index contributed by atoms with van der Waals surface area (Å²) in [5, 5.41) is 0.240. The molecule has 0 bridgehead atoms. The third-order valence-electron chi connectivity index (χ3n) is 2.07. The van der Waals surface area contributed by atoms with Gasteiger partial charge in [0.1, 0.15) is 5.75 Å². The second kappa shape index (κ2) is 4.80. The van der Waals surface area contributed by atoms with Gasteiger partial charge in [-0.2, -0.15) is 0 Å². The Morgan fingerprint density at radius 1 is 1.31 bits per heavy atom. The van der Waals surface area contributed by atoms with E-state index in [0.29, 0.717) is 0 Å². The largest absolute Gasteiger partial charge is 0.496 e. The van der Waals surface area contributed by atoms with Gasteiger partial charge >= 0.3 is 0 Å². The Bertz CT molecular complexity index is 519. The molecule has 3 nitrogen and oxygen atoms in total. The van der Waals surface area contributed by atoms with Crippen molar-refractivity contribution in [2.24, 2.45) is 0 Å². The van der Waals surface area contributed by atoms with E-state index in [1.807, 2.05) is 18.2 Å². The van der Waals surface area contributed by atoms with Gasteiger partial charge in [-0.05, 0) is 51.8 Å². The Morgan fingerprint density at radius 2 is 2.12 bits per heavy atom. The van der Waals surface area contributed by atoms with Crippen molar-refractivity contribution in [3.63, 3.8) is 0 Å². The monoisotopic (exact) mass is 298 g/mol. The second-order valence-electron chi connectivity index (χ2n) is 3.06. The first kappa shape index (κ1) is 11.4. The molecule has 1 aromatic carbocycles. The van der Waals surface area contributed by atoms with Crippen LogP contribution in [0.15, 0.2) is 34.9 Å². The molecule has 0 radical (unpaired) electrons. The highest BCUT2D eigenvalue weighted by Crippen LogP contribution is 2.29. The minimum Gasteiger partial charge on any atom is -0.496 e. The van der Waals surface area contributed by atoms with Crippen LogP contribution in [0.25, 0.3) is 11.3 Å². The van der Waals surface area contributed by atoms with E-state index in [2.05, 4.69) is 25.9 Å². The van der Waals surface area contributed by atoms with Gasteiger partial charge < -0.3 is 4.74 Å². The van der Waals surface area contributed by atoms with E-state index in [4.69, 9.17) is 16.3 Å². The van der Waals surface area contributed by atoms with E-state index >= 15 is 0 Å². The third-order valence-corrected chi connectivity index (χ3v) is 2.88. The molecule has 0 atom stereocenters. The summed E-state index contributed by atoms with van der Waals surface area (Å²) in [4.78, 5) is 7.97. The van der Waals surface area contributed by atoms with E-state index < -0.39 is 0 Å². The van der Waals surface area contributed by atoms with Crippen LogP contribution in [-0.4, -0.2) is 17.1 Å². The predicted octanol–water partition coefficient (Wildman–Crippen LogP) is 3.57. The molecule has 1 aromatic heterocycles. The van der Waals surface area contributed by atoms with Crippen molar-refractivity contribution >= 4 is 27.5 Å². The van der Waals surface area contributed by atoms with E-state index in [1.54, 1.807) is 19.4 Å². The van der Waals surface area contributed by atoms with Crippen molar-refractivity contribution in [1.29, 1.82) is 0 Å². The van der Waals surface area contributed by atoms with Crippen LogP contribution in [-0.2, 0) is 0 Å². The van der Waals surface area contributed by atoms with Crippen LogP contribution >= 0.6 is 27.5 Å². The lowest BCUT2D eigenvalue weighted by Crippen LogP contribution is -1.88. The number of aromatic nitrogens is 2. The molecule has 0 N–H and O–H groups in total. The van der Waals surface area contributed by atoms with E-state index in [0.717, 1.165) is 21.5 Å². The lowest BCUT2D eigenvalue weighted by Gasteiger charge is -2.05. The van der Waals surface area contributed by atoms with Crippen LogP contribution in [0.5, 0.6) is 5.75 Å². The van der Waals surface area contributed by atoms with Crippen molar-refractivity contribution in [1.82, 2.24) is 9.97 Å². The molecule has 5 heteroatoms. The number of methoxy groups -OCH3 is 1. The topological polar surface area (TPSA) is 35.0 Å². The average molecular weight is 300 g/mol. The molecule has 0 amide bonds. The van der Waals surface area contributed by atoms with Crippen LogP contribution in [0.1, 0.15) is 0 Å². The van der Waals surface area contributed by atoms with Gasteiger partial charge in [0, 0.05) is 11.8 Å². The second-order valence-corrected chi connectivity index (χ2v) is 4.25. The lowest BCUT2D eigenvalue weighted by atomic mass is 10.1. The van der Waals surface area contributed by atoms with Crippen LogP contribution in [0.4, 0.5) is 0 Å². The number of benzene rings is 1. The highest BCUT2D eigenvalue weighted by Gasteiger charge is 2.05. The first-order chi connectivity index (χ1) is 7.70. The summed E-state index contributed by atoms with van der Waals surface area (Å²) in [5.41, 5.74) is 1.74. The molecule has 82 valence electrons. The zero-order valence-electron chi connectivity index (χ0n) is 8.45. The fraction of sp³-hybridized carbons (Fsp3) is 0.0909. The molecule has 2 aromatic rings. The van der Waals surface area contributed by atoms with Crippen LogP contribution in [0.2, 0.25) is 5.28 Å².